The SMILES string of the molecule is CN(C)c1ccc(-c2nc(-c3c[nH]c4ccc(Br)cc34)[nH]c2-c2ccc(N(C)C)cc2)cc1. The lowest BCUT2D eigenvalue weighted by molar-refractivity contribution is 1.13. The summed E-state index contributed by atoms with van der Waals surface area (Å²) < 4.78 is 1.04. The quantitative estimate of drug-likeness (QED) is 0.280. The summed E-state index contributed by atoms with van der Waals surface area (Å²) in [5.74, 6) is 0.845. The smallest absolute Gasteiger partial charge is 0.140 e. The lowest BCUT2D eigenvalue weighted by Crippen LogP contribution is -2.08. The van der Waals surface area contributed by atoms with Gasteiger partial charge in [-0.05, 0) is 42.5 Å². The monoisotopic (exact) mass is 499 g/mol. The molecule has 0 saturated heterocycles. The van der Waals surface area contributed by atoms with Gasteiger partial charge in [-0.25, -0.2) is 4.98 Å². The Morgan fingerprint density at radius 2 is 1.36 bits per heavy atom. The van der Waals surface area contributed by atoms with E-state index in [0.29, 0.717) is 0 Å². The molecule has 0 unspecified atom stereocenters. The van der Waals surface area contributed by atoms with Crippen molar-refractivity contribution in [2.45, 2.75) is 0 Å². The average molecular weight is 500 g/mol. The van der Waals surface area contributed by atoms with Gasteiger partial charge < -0.3 is 19.8 Å². The van der Waals surface area contributed by atoms with Crippen LogP contribution in [0.1, 0.15) is 0 Å². The van der Waals surface area contributed by atoms with Crippen LogP contribution in [0.2, 0.25) is 0 Å². The number of hydrogen-bond acceptors (Lipinski definition) is 3. The van der Waals surface area contributed by atoms with Gasteiger partial charge in [0.25, 0.3) is 0 Å². The Balaban J connectivity index is 1.67. The summed E-state index contributed by atoms with van der Waals surface area (Å²) in [4.78, 5) is 16.3. The van der Waals surface area contributed by atoms with E-state index in [9.17, 15) is 0 Å². The second-order valence-electron chi connectivity index (χ2n) is 8.58. The van der Waals surface area contributed by atoms with Gasteiger partial charge in [0.1, 0.15) is 5.82 Å². The van der Waals surface area contributed by atoms with E-state index in [1.807, 2.05) is 12.3 Å². The van der Waals surface area contributed by atoms with Gasteiger partial charge >= 0.3 is 0 Å². The number of H-pyrrole nitrogens is 2. The lowest BCUT2D eigenvalue weighted by Gasteiger charge is -2.13. The van der Waals surface area contributed by atoms with Crippen molar-refractivity contribution in [3.63, 3.8) is 0 Å². The standard InChI is InChI=1S/C27H26BrN5/c1-32(2)20-10-5-17(6-11-20)25-26(18-7-12-21(13-8-18)33(3)4)31-27(30-25)23-16-29-24-14-9-19(28)15-22(23)24/h5-16,29H,1-4H3,(H,30,31). The van der Waals surface area contributed by atoms with Crippen molar-refractivity contribution in [1.82, 2.24) is 15.0 Å². The minimum absolute atomic E-state index is 0.845. The molecule has 0 spiro atoms. The summed E-state index contributed by atoms with van der Waals surface area (Å²) in [5.41, 5.74) is 8.59. The third-order valence-corrected chi connectivity index (χ3v) is 6.43. The number of rotatable bonds is 5. The Morgan fingerprint density at radius 1 is 0.758 bits per heavy atom. The second kappa shape index (κ2) is 8.45. The molecular formula is C27H26BrN5. The Labute approximate surface area is 202 Å². The number of nitrogens with one attached hydrogen (secondary N) is 2. The maximum absolute atomic E-state index is 5.10. The molecule has 166 valence electrons. The van der Waals surface area contributed by atoms with Crippen LogP contribution >= 0.6 is 15.9 Å². The predicted molar refractivity (Wildman–Crippen MR) is 143 cm³/mol. The number of aromatic nitrogens is 3. The number of halogens is 1. The summed E-state index contributed by atoms with van der Waals surface area (Å²) in [6.07, 6.45) is 2.02. The summed E-state index contributed by atoms with van der Waals surface area (Å²) >= 11 is 3.60. The zero-order valence-electron chi connectivity index (χ0n) is 19.1. The van der Waals surface area contributed by atoms with Crippen molar-refractivity contribution in [3.05, 3.63) is 77.4 Å². The van der Waals surface area contributed by atoms with Crippen molar-refractivity contribution >= 4 is 38.2 Å². The molecule has 3 aromatic carbocycles. The fourth-order valence-electron chi connectivity index (χ4n) is 4.05. The van der Waals surface area contributed by atoms with E-state index in [4.69, 9.17) is 4.98 Å². The molecule has 0 atom stereocenters. The molecule has 5 aromatic rings. The van der Waals surface area contributed by atoms with Crippen LogP contribution in [-0.4, -0.2) is 43.1 Å². The van der Waals surface area contributed by atoms with E-state index >= 15 is 0 Å². The van der Waals surface area contributed by atoms with Gasteiger partial charge in [-0.3, -0.25) is 0 Å². The molecule has 0 saturated carbocycles. The number of aromatic amines is 2. The summed E-state index contributed by atoms with van der Waals surface area (Å²) in [5, 5.41) is 1.13. The van der Waals surface area contributed by atoms with Crippen LogP contribution in [0.5, 0.6) is 0 Å². The van der Waals surface area contributed by atoms with E-state index in [2.05, 4.69) is 125 Å². The maximum Gasteiger partial charge on any atom is 0.140 e. The van der Waals surface area contributed by atoms with Crippen molar-refractivity contribution in [3.8, 4) is 33.9 Å². The fourth-order valence-corrected chi connectivity index (χ4v) is 4.41. The van der Waals surface area contributed by atoms with Crippen molar-refractivity contribution < 1.29 is 0 Å². The number of nitrogens with zero attached hydrogens (tertiary/aromatic N) is 3. The number of benzene rings is 3. The van der Waals surface area contributed by atoms with Crippen LogP contribution in [0.4, 0.5) is 11.4 Å². The van der Waals surface area contributed by atoms with Gasteiger partial charge in [-0.1, -0.05) is 40.2 Å². The molecule has 0 aliphatic heterocycles. The first-order chi connectivity index (χ1) is 15.9. The third-order valence-electron chi connectivity index (χ3n) is 5.93. The minimum Gasteiger partial charge on any atom is -0.378 e. The van der Waals surface area contributed by atoms with Crippen molar-refractivity contribution in [2.75, 3.05) is 38.0 Å². The van der Waals surface area contributed by atoms with Gasteiger partial charge in [0.2, 0.25) is 0 Å². The first kappa shape index (κ1) is 21.3. The van der Waals surface area contributed by atoms with Crippen LogP contribution in [0, 0.1) is 0 Å². The van der Waals surface area contributed by atoms with E-state index in [1.54, 1.807) is 0 Å². The number of imidazole rings is 1. The molecular weight excluding hydrogens is 474 g/mol. The molecule has 2 aromatic heterocycles. The largest absolute Gasteiger partial charge is 0.378 e. The highest BCUT2D eigenvalue weighted by Gasteiger charge is 2.18. The zero-order valence-corrected chi connectivity index (χ0v) is 20.7. The predicted octanol–water partition coefficient (Wildman–Crippen LogP) is 6.79. The maximum atomic E-state index is 5.10. The molecule has 5 nitrogen and oxygen atoms in total. The first-order valence-electron chi connectivity index (χ1n) is 10.8. The second-order valence-corrected chi connectivity index (χ2v) is 9.50. The molecule has 0 amide bonds. The number of hydrogen-bond donors (Lipinski definition) is 2. The molecule has 0 radical (unpaired) electrons. The number of anilines is 2. The third kappa shape index (κ3) is 4.02. The highest BCUT2D eigenvalue weighted by molar-refractivity contribution is 9.10. The van der Waals surface area contributed by atoms with E-state index in [0.717, 1.165) is 60.7 Å². The molecule has 0 aliphatic carbocycles. The van der Waals surface area contributed by atoms with Crippen molar-refractivity contribution in [1.29, 1.82) is 0 Å². The Morgan fingerprint density at radius 3 is 1.97 bits per heavy atom. The van der Waals surface area contributed by atoms with Crippen LogP contribution in [0.15, 0.2) is 77.4 Å². The highest BCUT2D eigenvalue weighted by Crippen LogP contribution is 2.36. The topological polar surface area (TPSA) is 51.0 Å². The zero-order chi connectivity index (χ0) is 23.1. The van der Waals surface area contributed by atoms with Gasteiger partial charge in [-0.15, -0.1) is 0 Å². The van der Waals surface area contributed by atoms with Crippen LogP contribution in [0.25, 0.3) is 44.8 Å². The van der Waals surface area contributed by atoms with Crippen LogP contribution in [-0.2, 0) is 0 Å². The molecule has 0 aliphatic rings. The number of fused-ring (bicyclic) bond motifs is 1. The molecule has 0 fully saturated rings. The van der Waals surface area contributed by atoms with Gasteiger partial charge in [0, 0.05) is 77.8 Å². The molecule has 5 rings (SSSR count). The normalized spacial score (nSPS) is 11.2. The highest BCUT2D eigenvalue weighted by atomic mass is 79.9. The fraction of sp³-hybridized carbons (Fsp3) is 0.148. The van der Waals surface area contributed by atoms with Crippen LogP contribution < -0.4 is 9.80 Å². The van der Waals surface area contributed by atoms with Gasteiger partial charge in [0.15, 0.2) is 0 Å². The minimum atomic E-state index is 0.845. The average Bonchev–Trinajstić information content (AvgIpc) is 3.43. The van der Waals surface area contributed by atoms with E-state index in [1.165, 1.54) is 0 Å². The first-order valence-corrected chi connectivity index (χ1v) is 11.6. The summed E-state index contributed by atoms with van der Waals surface area (Å²) in [6, 6.07) is 23.4. The Kier molecular flexibility index (Phi) is 5.46. The van der Waals surface area contributed by atoms with E-state index < -0.39 is 0 Å². The van der Waals surface area contributed by atoms with Crippen molar-refractivity contribution in [2.24, 2.45) is 0 Å². The van der Waals surface area contributed by atoms with Gasteiger partial charge in [-0.2, -0.15) is 0 Å². The molecule has 2 N–H and O–H groups in total. The van der Waals surface area contributed by atoms with Gasteiger partial charge in [0.05, 0.1) is 11.4 Å². The molecule has 6 heteroatoms. The summed E-state index contributed by atoms with van der Waals surface area (Å²) in [7, 11) is 8.20. The summed E-state index contributed by atoms with van der Waals surface area (Å²) in [6.45, 7) is 0. The lowest BCUT2D eigenvalue weighted by atomic mass is 10.0. The molecule has 0 bridgehead atoms. The Bertz CT molecular complexity index is 1340. The molecule has 33 heavy (non-hydrogen) atoms. The van der Waals surface area contributed by atoms with Crippen LogP contribution in [0.3, 0.4) is 0 Å². The Hall–Kier alpha value is -3.51. The van der Waals surface area contributed by atoms with E-state index in [-0.39, 0.29) is 0 Å². The molecule has 2 heterocycles.